The largest absolute Gasteiger partial charge is 0.380 e. The highest BCUT2D eigenvalue weighted by atomic mass is 16.5. The van der Waals surface area contributed by atoms with Crippen LogP contribution in [0.5, 0.6) is 0 Å². The maximum absolute atomic E-state index is 5.57. The first kappa shape index (κ1) is 10.4. The first-order chi connectivity index (χ1) is 7.22. The standard InChI is InChI=1S/C14H18O/c1-10(2)8-13-12-7-5-4-6-11(12)9-14(13)15-3/h4-7,13-14H,1,8-9H2,2-3H3. The third kappa shape index (κ3) is 1.98. The topological polar surface area (TPSA) is 9.23 Å². The third-order valence-electron chi connectivity index (χ3n) is 3.20. The van der Waals surface area contributed by atoms with Gasteiger partial charge in [0.1, 0.15) is 0 Å². The molecule has 15 heavy (non-hydrogen) atoms. The van der Waals surface area contributed by atoms with Crippen LogP contribution in [0.25, 0.3) is 0 Å². The molecule has 0 saturated heterocycles. The van der Waals surface area contributed by atoms with Crippen molar-refractivity contribution >= 4 is 0 Å². The number of rotatable bonds is 3. The van der Waals surface area contributed by atoms with Crippen molar-refractivity contribution in [3.05, 3.63) is 47.5 Å². The predicted octanol–water partition coefficient (Wildman–Crippen LogP) is 3.31. The van der Waals surface area contributed by atoms with E-state index < -0.39 is 0 Å². The lowest BCUT2D eigenvalue weighted by Gasteiger charge is -2.19. The van der Waals surface area contributed by atoms with E-state index >= 15 is 0 Å². The van der Waals surface area contributed by atoms with Gasteiger partial charge < -0.3 is 4.74 Å². The Morgan fingerprint density at radius 1 is 1.47 bits per heavy atom. The molecule has 1 aliphatic rings. The molecule has 0 radical (unpaired) electrons. The highest BCUT2D eigenvalue weighted by molar-refractivity contribution is 5.37. The summed E-state index contributed by atoms with van der Waals surface area (Å²) < 4.78 is 5.57. The van der Waals surface area contributed by atoms with Crippen molar-refractivity contribution in [1.29, 1.82) is 0 Å². The summed E-state index contributed by atoms with van der Waals surface area (Å²) in [6.45, 7) is 6.10. The number of allylic oxidation sites excluding steroid dienone is 1. The molecule has 1 aliphatic carbocycles. The van der Waals surface area contributed by atoms with Crippen molar-refractivity contribution < 1.29 is 4.74 Å². The van der Waals surface area contributed by atoms with Gasteiger partial charge >= 0.3 is 0 Å². The lowest BCUT2D eigenvalue weighted by molar-refractivity contribution is 0.0890. The van der Waals surface area contributed by atoms with Gasteiger partial charge in [0.25, 0.3) is 0 Å². The predicted molar refractivity (Wildman–Crippen MR) is 63.1 cm³/mol. The Balaban J connectivity index is 2.29. The summed E-state index contributed by atoms with van der Waals surface area (Å²) in [6, 6.07) is 8.65. The Hall–Kier alpha value is -1.08. The van der Waals surface area contributed by atoms with Gasteiger partial charge in [0.05, 0.1) is 6.10 Å². The number of hydrogen-bond acceptors (Lipinski definition) is 1. The molecule has 1 heteroatoms. The maximum atomic E-state index is 5.57. The molecule has 0 aliphatic heterocycles. The van der Waals surface area contributed by atoms with E-state index in [1.807, 2.05) is 7.11 Å². The smallest absolute Gasteiger partial charge is 0.0683 e. The normalized spacial score (nSPS) is 23.9. The summed E-state index contributed by atoms with van der Waals surface area (Å²) in [6.07, 6.45) is 2.42. The number of ether oxygens (including phenoxy) is 1. The minimum atomic E-state index is 0.332. The second kappa shape index (κ2) is 4.19. The molecule has 1 nitrogen and oxygen atoms in total. The fourth-order valence-corrected chi connectivity index (χ4v) is 2.51. The van der Waals surface area contributed by atoms with Crippen molar-refractivity contribution in [2.75, 3.05) is 7.11 Å². The lowest BCUT2D eigenvalue weighted by atomic mass is 9.93. The average Bonchev–Trinajstić information content (AvgIpc) is 2.56. The van der Waals surface area contributed by atoms with Gasteiger partial charge in [0, 0.05) is 13.0 Å². The average molecular weight is 202 g/mol. The van der Waals surface area contributed by atoms with E-state index in [0.29, 0.717) is 12.0 Å². The van der Waals surface area contributed by atoms with Crippen LogP contribution in [0.4, 0.5) is 0 Å². The van der Waals surface area contributed by atoms with Gasteiger partial charge in [-0.3, -0.25) is 0 Å². The summed E-state index contributed by atoms with van der Waals surface area (Å²) in [4.78, 5) is 0. The molecule has 0 fully saturated rings. The highest BCUT2D eigenvalue weighted by Crippen LogP contribution is 2.38. The van der Waals surface area contributed by atoms with Crippen molar-refractivity contribution in [3.8, 4) is 0 Å². The van der Waals surface area contributed by atoms with Gasteiger partial charge in [-0.1, -0.05) is 29.8 Å². The van der Waals surface area contributed by atoms with Gasteiger partial charge in [-0.15, -0.1) is 6.58 Å². The quantitative estimate of drug-likeness (QED) is 0.683. The number of benzene rings is 1. The van der Waals surface area contributed by atoms with E-state index in [1.165, 1.54) is 16.7 Å². The van der Waals surface area contributed by atoms with E-state index in [1.54, 1.807) is 0 Å². The van der Waals surface area contributed by atoms with E-state index in [9.17, 15) is 0 Å². The van der Waals surface area contributed by atoms with Crippen molar-refractivity contribution in [3.63, 3.8) is 0 Å². The van der Waals surface area contributed by atoms with E-state index in [-0.39, 0.29) is 0 Å². The van der Waals surface area contributed by atoms with E-state index in [2.05, 4.69) is 37.8 Å². The summed E-state index contributed by atoms with van der Waals surface area (Å²) in [5, 5.41) is 0. The van der Waals surface area contributed by atoms with Crippen LogP contribution in [0.15, 0.2) is 36.4 Å². The molecule has 0 bridgehead atoms. The van der Waals surface area contributed by atoms with Gasteiger partial charge in [-0.2, -0.15) is 0 Å². The monoisotopic (exact) mass is 202 g/mol. The van der Waals surface area contributed by atoms with Crippen LogP contribution >= 0.6 is 0 Å². The molecular formula is C14H18O. The molecule has 0 amide bonds. The van der Waals surface area contributed by atoms with Gasteiger partial charge in [0.2, 0.25) is 0 Å². The summed E-state index contributed by atoms with van der Waals surface area (Å²) in [5.74, 6) is 0.503. The van der Waals surface area contributed by atoms with Crippen LogP contribution in [0, 0.1) is 0 Å². The zero-order chi connectivity index (χ0) is 10.8. The molecule has 0 aromatic heterocycles. The molecule has 0 N–H and O–H groups in total. The van der Waals surface area contributed by atoms with E-state index in [0.717, 1.165) is 12.8 Å². The highest BCUT2D eigenvalue weighted by Gasteiger charge is 2.31. The van der Waals surface area contributed by atoms with Crippen LogP contribution in [0.1, 0.15) is 30.4 Å². The van der Waals surface area contributed by atoms with Gasteiger partial charge in [-0.25, -0.2) is 0 Å². The van der Waals surface area contributed by atoms with Crippen LogP contribution < -0.4 is 0 Å². The van der Waals surface area contributed by atoms with Crippen molar-refractivity contribution in [1.82, 2.24) is 0 Å². The zero-order valence-electron chi connectivity index (χ0n) is 9.49. The molecule has 80 valence electrons. The first-order valence-electron chi connectivity index (χ1n) is 5.47. The van der Waals surface area contributed by atoms with Gasteiger partial charge in [-0.05, 0) is 30.9 Å². The minimum absolute atomic E-state index is 0.332. The second-order valence-electron chi connectivity index (χ2n) is 4.44. The summed E-state index contributed by atoms with van der Waals surface area (Å²) in [5.41, 5.74) is 4.13. The van der Waals surface area contributed by atoms with Crippen LogP contribution in [-0.2, 0) is 11.2 Å². The van der Waals surface area contributed by atoms with Crippen LogP contribution in [0.2, 0.25) is 0 Å². The SMILES string of the molecule is C=C(C)CC1c2ccccc2CC1OC. The number of hydrogen-bond donors (Lipinski definition) is 0. The Morgan fingerprint density at radius 3 is 2.87 bits per heavy atom. The van der Waals surface area contributed by atoms with E-state index in [4.69, 9.17) is 4.74 Å². The van der Waals surface area contributed by atoms with Crippen molar-refractivity contribution in [2.24, 2.45) is 0 Å². The first-order valence-corrected chi connectivity index (χ1v) is 5.47. The third-order valence-corrected chi connectivity index (χ3v) is 3.20. The molecule has 1 aromatic carbocycles. The number of methoxy groups -OCH3 is 1. The van der Waals surface area contributed by atoms with Crippen molar-refractivity contribution in [2.45, 2.75) is 31.8 Å². The molecule has 2 unspecified atom stereocenters. The molecule has 0 saturated carbocycles. The molecular weight excluding hydrogens is 184 g/mol. The zero-order valence-corrected chi connectivity index (χ0v) is 9.49. The molecule has 0 heterocycles. The summed E-state index contributed by atoms with van der Waals surface area (Å²) >= 11 is 0. The Morgan fingerprint density at radius 2 is 2.20 bits per heavy atom. The molecule has 2 atom stereocenters. The van der Waals surface area contributed by atoms with Crippen LogP contribution in [-0.4, -0.2) is 13.2 Å². The maximum Gasteiger partial charge on any atom is 0.0683 e. The summed E-state index contributed by atoms with van der Waals surface area (Å²) in [7, 11) is 1.81. The van der Waals surface area contributed by atoms with Gasteiger partial charge in [0.15, 0.2) is 0 Å². The number of fused-ring (bicyclic) bond motifs is 1. The molecule has 0 spiro atoms. The fourth-order valence-electron chi connectivity index (χ4n) is 2.51. The Kier molecular flexibility index (Phi) is 2.92. The molecule has 2 rings (SSSR count). The minimum Gasteiger partial charge on any atom is -0.380 e. The Labute approximate surface area is 91.8 Å². The fraction of sp³-hybridized carbons (Fsp3) is 0.429. The van der Waals surface area contributed by atoms with Crippen LogP contribution in [0.3, 0.4) is 0 Å². The Bertz CT molecular complexity index is 367. The lowest BCUT2D eigenvalue weighted by Crippen LogP contribution is -2.16. The second-order valence-corrected chi connectivity index (χ2v) is 4.44. The molecule has 1 aromatic rings.